The van der Waals surface area contributed by atoms with Gasteiger partial charge in [0.1, 0.15) is 5.60 Å². The molecule has 0 aromatic rings. The van der Waals surface area contributed by atoms with E-state index in [1.807, 2.05) is 5.32 Å². The molecule has 0 aliphatic carbocycles. The summed E-state index contributed by atoms with van der Waals surface area (Å²) in [6.45, 7) is 7.40. The van der Waals surface area contributed by atoms with Gasteiger partial charge in [-0.2, -0.15) is 0 Å². The van der Waals surface area contributed by atoms with Crippen LogP contribution >= 0.6 is 0 Å². The van der Waals surface area contributed by atoms with Crippen molar-refractivity contribution in [2.75, 3.05) is 6.54 Å². The van der Waals surface area contributed by atoms with Gasteiger partial charge in [-0.1, -0.05) is 0 Å². The number of imide groups is 1. The molecule has 0 aromatic heterocycles. The van der Waals surface area contributed by atoms with Crippen LogP contribution in [-0.2, 0) is 4.74 Å². The second-order valence-corrected chi connectivity index (χ2v) is 3.49. The monoisotopic (exact) mass is 188 g/mol. The fraction of sp³-hybridized carbons (Fsp3) is 0.750. The van der Waals surface area contributed by atoms with E-state index in [9.17, 15) is 9.59 Å². The molecule has 0 bridgehead atoms. The molecule has 0 atom stereocenters. The molecule has 0 fully saturated rings. The van der Waals surface area contributed by atoms with E-state index in [1.165, 1.54) is 0 Å². The van der Waals surface area contributed by atoms with Gasteiger partial charge in [-0.05, 0) is 27.7 Å². The van der Waals surface area contributed by atoms with Crippen molar-refractivity contribution >= 4 is 12.1 Å². The third kappa shape index (κ3) is 7.11. The largest absolute Gasteiger partial charge is 0.443 e. The maximum Gasteiger partial charge on any atom is 0.415 e. The second-order valence-electron chi connectivity index (χ2n) is 3.49. The molecule has 5 heteroatoms. The summed E-state index contributed by atoms with van der Waals surface area (Å²) in [6, 6.07) is -0.545. The molecule has 0 aliphatic rings. The Morgan fingerprint density at radius 2 is 1.85 bits per heavy atom. The zero-order valence-corrected chi connectivity index (χ0v) is 8.43. The van der Waals surface area contributed by atoms with Gasteiger partial charge in [-0.25, -0.2) is 14.9 Å². The average molecular weight is 188 g/mol. The lowest BCUT2D eigenvalue weighted by Crippen LogP contribution is -2.42. The van der Waals surface area contributed by atoms with Gasteiger partial charge < -0.3 is 10.1 Å². The minimum atomic E-state index is -0.738. The summed E-state index contributed by atoms with van der Waals surface area (Å²) in [6.07, 6.45) is -0.738. The molecule has 0 aliphatic heterocycles. The smallest absolute Gasteiger partial charge is 0.415 e. The van der Waals surface area contributed by atoms with Gasteiger partial charge >= 0.3 is 12.1 Å². The fourth-order valence-corrected chi connectivity index (χ4v) is 0.601. The zero-order chi connectivity index (χ0) is 10.5. The van der Waals surface area contributed by atoms with Crippen LogP contribution in [0.2, 0.25) is 0 Å². The van der Waals surface area contributed by atoms with E-state index in [1.54, 1.807) is 27.7 Å². The molecule has 76 valence electrons. The van der Waals surface area contributed by atoms with Gasteiger partial charge in [0, 0.05) is 6.54 Å². The number of nitrogens with one attached hydrogen (secondary N) is 2. The third-order valence-corrected chi connectivity index (χ3v) is 0.952. The quantitative estimate of drug-likeness (QED) is 0.650. The molecule has 2 N–H and O–H groups in total. The van der Waals surface area contributed by atoms with Crippen LogP contribution in [0.5, 0.6) is 0 Å². The molecule has 0 saturated carbocycles. The standard InChI is InChI=1S/C8H16N2O3/c1-5-9-6(11)10-7(12)13-8(2,3)4/h5H2,1-4H3,(H2,9,10,11,12). The van der Waals surface area contributed by atoms with E-state index < -0.39 is 17.7 Å². The van der Waals surface area contributed by atoms with Gasteiger partial charge in [-0.15, -0.1) is 0 Å². The van der Waals surface area contributed by atoms with Crippen LogP contribution in [0.1, 0.15) is 27.7 Å². The zero-order valence-electron chi connectivity index (χ0n) is 8.43. The molecule has 0 heterocycles. The summed E-state index contributed by atoms with van der Waals surface area (Å²) < 4.78 is 4.84. The summed E-state index contributed by atoms with van der Waals surface area (Å²) in [5.74, 6) is 0. The number of carbonyl (C=O) groups excluding carboxylic acids is 2. The van der Waals surface area contributed by atoms with Crippen molar-refractivity contribution in [3.8, 4) is 0 Å². The van der Waals surface area contributed by atoms with Crippen LogP contribution in [0, 0.1) is 0 Å². The molecule has 0 unspecified atom stereocenters. The number of hydrogen-bond donors (Lipinski definition) is 2. The lowest BCUT2D eigenvalue weighted by molar-refractivity contribution is 0.0547. The van der Waals surface area contributed by atoms with Gasteiger partial charge in [-0.3, -0.25) is 0 Å². The Kier molecular flexibility index (Phi) is 4.23. The number of rotatable bonds is 1. The van der Waals surface area contributed by atoms with Crippen molar-refractivity contribution in [1.82, 2.24) is 10.6 Å². The Morgan fingerprint density at radius 1 is 1.31 bits per heavy atom. The Balaban J connectivity index is 3.82. The summed E-state index contributed by atoms with van der Waals surface area (Å²) >= 11 is 0. The molecule has 0 spiro atoms. The molecular formula is C8H16N2O3. The molecule has 0 rings (SSSR count). The van der Waals surface area contributed by atoms with Crippen LogP contribution in [0.3, 0.4) is 0 Å². The normalized spacial score (nSPS) is 10.5. The lowest BCUT2D eigenvalue weighted by atomic mass is 10.2. The molecule has 0 saturated heterocycles. The summed E-state index contributed by atoms with van der Waals surface area (Å²) in [4.78, 5) is 21.8. The molecule has 5 nitrogen and oxygen atoms in total. The summed E-state index contributed by atoms with van der Waals surface area (Å²) in [5, 5.41) is 4.44. The van der Waals surface area contributed by atoms with E-state index >= 15 is 0 Å². The lowest BCUT2D eigenvalue weighted by Gasteiger charge is -2.19. The van der Waals surface area contributed by atoms with E-state index in [4.69, 9.17) is 4.74 Å². The van der Waals surface area contributed by atoms with E-state index in [0.29, 0.717) is 6.54 Å². The van der Waals surface area contributed by atoms with Crippen molar-refractivity contribution in [2.24, 2.45) is 0 Å². The number of hydrogen-bond acceptors (Lipinski definition) is 3. The van der Waals surface area contributed by atoms with Gasteiger partial charge in [0.25, 0.3) is 0 Å². The van der Waals surface area contributed by atoms with Crippen LogP contribution in [0.15, 0.2) is 0 Å². The number of alkyl carbamates (subject to hydrolysis) is 1. The Labute approximate surface area is 77.8 Å². The van der Waals surface area contributed by atoms with Crippen molar-refractivity contribution in [3.63, 3.8) is 0 Å². The molecular weight excluding hydrogens is 172 g/mol. The topological polar surface area (TPSA) is 67.4 Å². The second kappa shape index (κ2) is 4.69. The van der Waals surface area contributed by atoms with Crippen LogP contribution < -0.4 is 10.6 Å². The summed E-state index contributed by atoms with van der Waals surface area (Å²) in [7, 11) is 0. The Morgan fingerprint density at radius 3 is 2.23 bits per heavy atom. The highest BCUT2D eigenvalue weighted by Gasteiger charge is 2.17. The highest BCUT2D eigenvalue weighted by Crippen LogP contribution is 2.05. The highest BCUT2D eigenvalue weighted by molar-refractivity contribution is 5.90. The average Bonchev–Trinajstić information content (AvgIpc) is 1.81. The molecule has 0 radical (unpaired) electrons. The fourth-order valence-electron chi connectivity index (χ4n) is 0.601. The highest BCUT2D eigenvalue weighted by atomic mass is 16.6. The van der Waals surface area contributed by atoms with Crippen molar-refractivity contribution in [1.29, 1.82) is 0 Å². The maximum atomic E-state index is 10.9. The van der Waals surface area contributed by atoms with Crippen LogP contribution in [-0.4, -0.2) is 24.3 Å². The first-order valence-corrected chi connectivity index (χ1v) is 4.13. The third-order valence-electron chi connectivity index (χ3n) is 0.952. The molecule has 3 amide bonds. The molecule has 13 heavy (non-hydrogen) atoms. The van der Waals surface area contributed by atoms with Crippen LogP contribution in [0.25, 0.3) is 0 Å². The number of urea groups is 1. The maximum absolute atomic E-state index is 10.9. The van der Waals surface area contributed by atoms with Gasteiger partial charge in [0.05, 0.1) is 0 Å². The number of amides is 3. The SMILES string of the molecule is CCNC(=O)NC(=O)OC(C)(C)C. The first kappa shape index (κ1) is 11.7. The van der Waals surface area contributed by atoms with E-state index in [2.05, 4.69) is 5.32 Å². The minimum absolute atomic E-state index is 0.467. The van der Waals surface area contributed by atoms with Crippen molar-refractivity contribution in [2.45, 2.75) is 33.3 Å². The van der Waals surface area contributed by atoms with Gasteiger partial charge in [0.2, 0.25) is 0 Å². The molecule has 0 aromatic carbocycles. The number of carbonyl (C=O) groups is 2. The Bertz CT molecular complexity index is 196. The summed E-state index contributed by atoms with van der Waals surface area (Å²) in [5.41, 5.74) is -0.587. The minimum Gasteiger partial charge on any atom is -0.443 e. The van der Waals surface area contributed by atoms with Gasteiger partial charge in [0.15, 0.2) is 0 Å². The van der Waals surface area contributed by atoms with E-state index in [0.717, 1.165) is 0 Å². The first-order valence-electron chi connectivity index (χ1n) is 4.13. The van der Waals surface area contributed by atoms with E-state index in [-0.39, 0.29) is 0 Å². The predicted molar refractivity (Wildman–Crippen MR) is 48.4 cm³/mol. The van der Waals surface area contributed by atoms with Crippen LogP contribution in [0.4, 0.5) is 9.59 Å². The first-order chi connectivity index (χ1) is 5.85. The number of ether oxygens (including phenoxy) is 1. The predicted octanol–water partition coefficient (Wildman–Crippen LogP) is 1.24. The van der Waals surface area contributed by atoms with Crippen molar-refractivity contribution < 1.29 is 14.3 Å². The Hall–Kier alpha value is -1.26. The van der Waals surface area contributed by atoms with Crippen molar-refractivity contribution in [3.05, 3.63) is 0 Å².